The Morgan fingerprint density at radius 1 is 1.35 bits per heavy atom. The summed E-state index contributed by atoms with van der Waals surface area (Å²) in [5, 5.41) is 6.55. The van der Waals surface area contributed by atoms with Crippen molar-refractivity contribution in [3.8, 4) is 11.5 Å². The van der Waals surface area contributed by atoms with Gasteiger partial charge in [-0.2, -0.15) is 0 Å². The van der Waals surface area contributed by atoms with E-state index in [1.54, 1.807) is 14.1 Å². The number of hydrogen-bond donors (Lipinski definition) is 2. The van der Waals surface area contributed by atoms with E-state index in [0.717, 1.165) is 5.56 Å². The van der Waals surface area contributed by atoms with Gasteiger partial charge in [-0.1, -0.05) is 11.6 Å². The summed E-state index contributed by atoms with van der Waals surface area (Å²) >= 11 is 6.10. The predicted octanol–water partition coefficient (Wildman–Crippen LogP) is 1.43. The van der Waals surface area contributed by atoms with Crippen molar-refractivity contribution in [1.82, 2.24) is 15.5 Å². The minimum absolute atomic E-state index is 0.0991. The highest BCUT2D eigenvalue weighted by Gasteiger charge is 2.17. The molecule has 0 atom stereocenters. The van der Waals surface area contributed by atoms with Gasteiger partial charge in [0.2, 0.25) is 6.79 Å². The van der Waals surface area contributed by atoms with Crippen molar-refractivity contribution in [2.24, 2.45) is 0 Å². The summed E-state index contributed by atoms with van der Waals surface area (Å²) in [5.41, 5.74) is 1.01. The van der Waals surface area contributed by atoms with Gasteiger partial charge < -0.3 is 25.0 Å². The average Bonchev–Trinajstić information content (AvgIpc) is 2.86. The molecular weight excluding hydrogens is 282 g/mol. The van der Waals surface area contributed by atoms with E-state index in [0.29, 0.717) is 36.2 Å². The second-order valence-corrected chi connectivity index (χ2v) is 5.02. The summed E-state index contributed by atoms with van der Waals surface area (Å²) in [4.78, 5) is 12.8. The fraction of sp³-hybridized carbons (Fsp3) is 0.462. The quantitative estimate of drug-likeness (QED) is 0.808. The Balaban J connectivity index is 1.75. The zero-order valence-electron chi connectivity index (χ0n) is 11.5. The van der Waals surface area contributed by atoms with Crippen LogP contribution in [0, 0.1) is 0 Å². The van der Waals surface area contributed by atoms with E-state index < -0.39 is 0 Å². The van der Waals surface area contributed by atoms with Crippen LogP contribution >= 0.6 is 11.6 Å². The third-order valence-corrected chi connectivity index (χ3v) is 3.08. The smallest absolute Gasteiger partial charge is 0.316 e. The Labute approximate surface area is 123 Å². The monoisotopic (exact) mass is 299 g/mol. The standard InChI is InChI=1S/C13H18ClN3O3/c1-17(2)13(18)16-4-3-15-7-9-5-10(14)12-11(6-9)19-8-20-12/h5-6,15H,3-4,7-8H2,1-2H3,(H,16,18). The number of amides is 2. The van der Waals surface area contributed by atoms with E-state index in [-0.39, 0.29) is 12.8 Å². The molecule has 0 aromatic heterocycles. The molecule has 1 heterocycles. The molecule has 2 amide bonds. The number of fused-ring (bicyclic) bond motifs is 1. The van der Waals surface area contributed by atoms with Crippen LogP contribution in [0.15, 0.2) is 12.1 Å². The van der Waals surface area contributed by atoms with Gasteiger partial charge in [0.05, 0.1) is 5.02 Å². The average molecular weight is 300 g/mol. The molecule has 1 aromatic carbocycles. The van der Waals surface area contributed by atoms with Gasteiger partial charge >= 0.3 is 6.03 Å². The predicted molar refractivity (Wildman–Crippen MR) is 76.4 cm³/mol. The number of urea groups is 1. The van der Waals surface area contributed by atoms with E-state index in [1.165, 1.54) is 4.90 Å². The third-order valence-electron chi connectivity index (χ3n) is 2.80. The van der Waals surface area contributed by atoms with Gasteiger partial charge in [0, 0.05) is 33.7 Å². The van der Waals surface area contributed by atoms with Crippen LogP contribution < -0.4 is 20.1 Å². The lowest BCUT2D eigenvalue weighted by atomic mass is 10.2. The van der Waals surface area contributed by atoms with E-state index in [2.05, 4.69) is 10.6 Å². The van der Waals surface area contributed by atoms with E-state index >= 15 is 0 Å². The fourth-order valence-electron chi connectivity index (χ4n) is 1.77. The molecule has 1 aromatic rings. The Bertz CT molecular complexity index is 494. The zero-order valence-corrected chi connectivity index (χ0v) is 12.3. The minimum Gasteiger partial charge on any atom is -0.454 e. The molecule has 2 N–H and O–H groups in total. The lowest BCUT2D eigenvalue weighted by Crippen LogP contribution is -2.38. The minimum atomic E-state index is -0.0991. The van der Waals surface area contributed by atoms with Crippen molar-refractivity contribution >= 4 is 17.6 Å². The van der Waals surface area contributed by atoms with Gasteiger partial charge in [-0.15, -0.1) is 0 Å². The van der Waals surface area contributed by atoms with Gasteiger partial charge in [0.15, 0.2) is 11.5 Å². The highest BCUT2D eigenvalue weighted by molar-refractivity contribution is 6.32. The highest BCUT2D eigenvalue weighted by atomic mass is 35.5. The summed E-state index contributed by atoms with van der Waals surface area (Å²) in [7, 11) is 3.41. The summed E-state index contributed by atoms with van der Waals surface area (Å²) < 4.78 is 10.6. The maximum atomic E-state index is 11.3. The SMILES string of the molecule is CN(C)C(=O)NCCNCc1cc(Cl)c2c(c1)OCO2. The Kier molecular flexibility index (Phi) is 4.92. The van der Waals surface area contributed by atoms with Crippen molar-refractivity contribution in [1.29, 1.82) is 0 Å². The van der Waals surface area contributed by atoms with Crippen molar-refractivity contribution < 1.29 is 14.3 Å². The molecule has 0 saturated carbocycles. The molecule has 0 unspecified atom stereocenters. The number of benzene rings is 1. The number of nitrogens with one attached hydrogen (secondary N) is 2. The Morgan fingerprint density at radius 2 is 2.15 bits per heavy atom. The van der Waals surface area contributed by atoms with Crippen LogP contribution in [0.1, 0.15) is 5.56 Å². The number of nitrogens with zero attached hydrogens (tertiary/aromatic N) is 1. The van der Waals surface area contributed by atoms with Crippen LogP contribution in [-0.4, -0.2) is 44.9 Å². The molecule has 0 aliphatic carbocycles. The molecular formula is C13H18ClN3O3. The lowest BCUT2D eigenvalue weighted by Gasteiger charge is -2.12. The first-order valence-corrected chi connectivity index (χ1v) is 6.69. The van der Waals surface area contributed by atoms with Gasteiger partial charge in [0.1, 0.15) is 0 Å². The first kappa shape index (κ1) is 14.7. The maximum Gasteiger partial charge on any atom is 0.316 e. The molecule has 1 aliphatic heterocycles. The van der Waals surface area contributed by atoms with Crippen LogP contribution in [-0.2, 0) is 6.54 Å². The number of ether oxygens (including phenoxy) is 2. The number of rotatable bonds is 5. The third kappa shape index (κ3) is 3.68. The molecule has 1 aliphatic rings. The van der Waals surface area contributed by atoms with Crippen LogP contribution in [0.2, 0.25) is 5.02 Å². The first-order valence-electron chi connectivity index (χ1n) is 6.32. The highest BCUT2D eigenvalue weighted by Crippen LogP contribution is 2.39. The van der Waals surface area contributed by atoms with Crippen LogP contribution in [0.5, 0.6) is 11.5 Å². The zero-order chi connectivity index (χ0) is 14.5. The molecule has 0 saturated heterocycles. The van der Waals surface area contributed by atoms with Crippen LogP contribution in [0.3, 0.4) is 0 Å². The molecule has 110 valence electrons. The van der Waals surface area contributed by atoms with Crippen molar-refractivity contribution in [3.05, 3.63) is 22.7 Å². The summed E-state index contributed by atoms with van der Waals surface area (Å²) in [6, 6.07) is 3.65. The van der Waals surface area contributed by atoms with Gasteiger partial charge in [-0.3, -0.25) is 0 Å². The topological polar surface area (TPSA) is 62.8 Å². The molecule has 7 heteroatoms. The normalized spacial score (nSPS) is 12.3. The van der Waals surface area contributed by atoms with Crippen molar-refractivity contribution in [2.75, 3.05) is 34.0 Å². The van der Waals surface area contributed by atoms with Gasteiger partial charge in [0.25, 0.3) is 0 Å². The van der Waals surface area contributed by atoms with Crippen LogP contribution in [0.4, 0.5) is 4.79 Å². The van der Waals surface area contributed by atoms with E-state index in [1.807, 2.05) is 12.1 Å². The molecule has 0 radical (unpaired) electrons. The Hall–Kier alpha value is -1.66. The fourth-order valence-corrected chi connectivity index (χ4v) is 2.06. The van der Waals surface area contributed by atoms with Gasteiger partial charge in [-0.25, -0.2) is 4.79 Å². The molecule has 20 heavy (non-hydrogen) atoms. The molecule has 0 fully saturated rings. The van der Waals surface area contributed by atoms with Crippen molar-refractivity contribution in [2.45, 2.75) is 6.54 Å². The first-order chi connectivity index (χ1) is 9.58. The summed E-state index contributed by atoms with van der Waals surface area (Å²) in [6.07, 6.45) is 0. The Morgan fingerprint density at radius 3 is 2.90 bits per heavy atom. The second-order valence-electron chi connectivity index (χ2n) is 4.61. The number of halogens is 1. The number of carbonyl (C=O) groups is 1. The molecule has 0 bridgehead atoms. The lowest BCUT2D eigenvalue weighted by molar-refractivity contribution is 0.174. The van der Waals surface area contributed by atoms with Crippen molar-refractivity contribution in [3.63, 3.8) is 0 Å². The van der Waals surface area contributed by atoms with Crippen LogP contribution in [0.25, 0.3) is 0 Å². The number of carbonyl (C=O) groups excluding carboxylic acids is 1. The van der Waals surface area contributed by atoms with E-state index in [4.69, 9.17) is 21.1 Å². The summed E-state index contributed by atoms with van der Waals surface area (Å²) in [6.45, 7) is 2.09. The van der Waals surface area contributed by atoms with E-state index in [9.17, 15) is 4.79 Å². The number of hydrogen-bond acceptors (Lipinski definition) is 4. The van der Waals surface area contributed by atoms with Gasteiger partial charge in [-0.05, 0) is 17.7 Å². The molecule has 2 rings (SSSR count). The second kappa shape index (κ2) is 6.67. The maximum absolute atomic E-state index is 11.3. The summed E-state index contributed by atoms with van der Waals surface area (Å²) in [5.74, 6) is 1.28. The largest absolute Gasteiger partial charge is 0.454 e. The molecule has 6 nitrogen and oxygen atoms in total. The molecule has 0 spiro atoms.